The summed E-state index contributed by atoms with van der Waals surface area (Å²) in [4.78, 5) is 26.5. The quantitative estimate of drug-likeness (QED) is 0.852. The molecule has 1 aliphatic carbocycles. The molecule has 1 aromatic carbocycles. The Morgan fingerprint density at radius 3 is 2.46 bits per heavy atom. The molecule has 0 atom stereocenters. The van der Waals surface area contributed by atoms with Crippen LogP contribution in [0.3, 0.4) is 0 Å². The molecule has 136 valence electrons. The maximum Gasteiger partial charge on any atom is 0.254 e. The highest BCUT2D eigenvalue weighted by atomic mass is 16.2. The average molecular weight is 350 g/mol. The second-order valence-electron chi connectivity index (χ2n) is 7.45. The Kier molecular flexibility index (Phi) is 4.62. The zero-order valence-corrected chi connectivity index (χ0v) is 15.6. The van der Waals surface area contributed by atoms with Crippen molar-refractivity contribution in [1.82, 2.24) is 14.9 Å². The van der Waals surface area contributed by atoms with Crippen LogP contribution in [0.15, 0.2) is 30.3 Å². The minimum absolute atomic E-state index is 0.177. The molecular formula is C21H26N4O. The van der Waals surface area contributed by atoms with Crippen LogP contribution in [0.4, 0.5) is 5.95 Å². The summed E-state index contributed by atoms with van der Waals surface area (Å²) in [5.74, 6) is 1.55. The largest absolute Gasteiger partial charge is 0.339 e. The van der Waals surface area contributed by atoms with Gasteiger partial charge in [-0.3, -0.25) is 4.79 Å². The Labute approximate surface area is 155 Å². The second kappa shape index (κ2) is 7.06. The molecule has 0 N–H and O–H groups in total. The average Bonchev–Trinajstić information content (AvgIpc) is 3.47. The van der Waals surface area contributed by atoms with Gasteiger partial charge in [0.05, 0.1) is 0 Å². The topological polar surface area (TPSA) is 49.3 Å². The van der Waals surface area contributed by atoms with E-state index >= 15 is 0 Å². The summed E-state index contributed by atoms with van der Waals surface area (Å²) in [5, 5.41) is 0. The normalized spacial score (nSPS) is 17.9. The van der Waals surface area contributed by atoms with Crippen molar-refractivity contribution in [3.63, 3.8) is 0 Å². The van der Waals surface area contributed by atoms with Crippen LogP contribution in [0.25, 0.3) is 0 Å². The number of carbonyl (C=O) groups is 1. The molecule has 2 aliphatic rings. The van der Waals surface area contributed by atoms with Gasteiger partial charge in [0.25, 0.3) is 5.91 Å². The molecule has 0 spiro atoms. The Balaban J connectivity index is 1.49. The number of hydrogen-bond donors (Lipinski definition) is 0. The lowest BCUT2D eigenvalue weighted by molar-refractivity contribution is 0.0766. The SMILES string of the molecule is Cc1cc(C)nc(N2CCCN(C(=O)c3ccccc3C3CC3)CC2)n1. The second-order valence-corrected chi connectivity index (χ2v) is 7.45. The van der Waals surface area contributed by atoms with Crippen LogP contribution in [0.1, 0.15) is 52.5 Å². The molecule has 0 unspecified atom stereocenters. The fourth-order valence-electron chi connectivity index (χ4n) is 3.78. The third-order valence-electron chi connectivity index (χ3n) is 5.24. The Morgan fingerprint density at radius 2 is 1.73 bits per heavy atom. The fraction of sp³-hybridized carbons (Fsp3) is 0.476. The summed E-state index contributed by atoms with van der Waals surface area (Å²) >= 11 is 0. The lowest BCUT2D eigenvalue weighted by atomic mass is 10.0. The van der Waals surface area contributed by atoms with E-state index in [-0.39, 0.29) is 5.91 Å². The van der Waals surface area contributed by atoms with E-state index in [1.54, 1.807) is 0 Å². The van der Waals surface area contributed by atoms with E-state index in [1.165, 1.54) is 18.4 Å². The van der Waals surface area contributed by atoms with E-state index in [4.69, 9.17) is 0 Å². The monoisotopic (exact) mass is 350 g/mol. The number of benzene rings is 1. The molecule has 1 saturated heterocycles. The van der Waals surface area contributed by atoms with E-state index in [9.17, 15) is 4.79 Å². The van der Waals surface area contributed by atoms with Crippen LogP contribution in [0.5, 0.6) is 0 Å². The summed E-state index contributed by atoms with van der Waals surface area (Å²) in [6, 6.07) is 10.1. The first-order valence-corrected chi connectivity index (χ1v) is 9.57. The molecule has 4 rings (SSSR count). The summed E-state index contributed by atoms with van der Waals surface area (Å²) in [6.45, 7) is 7.17. The molecule has 1 saturated carbocycles. The third kappa shape index (κ3) is 3.57. The van der Waals surface area contributed by atoms with E-state index < -0.39 is 0 Å². The van der Waals surface area contributed by atoms with Gasteiger partial charge in [-0.15, -0.1) is 0 Å². The minimum Gasteiger partial charge on any atom is -0.339 e. The first-order chi connectivity index (χ1) is 12.6. The van der Waals surface area contributed by atoms with Crippen molar-refractivity contribution in [2.75, 3.05) is 31.1 Å². The van der Waals surface area contributed by atoms with Gasteiger partial charge in [-0.05, 0) is 56.7 Å². The number of anilines is 1. The zero-order valence-electron chi connectivity index (χ0n) is 15.6. The molecule has 2 aromatic rings. The molecule has 0 radical (unpaired) electrons. The summed E-state index contributed by atoms with van der Waals surface area (Å²) in [5.41, 5.74) is 4.11. The van der Waals surface area contributed by atoms with E-state index in [0.29, 0.717) is 12.5 Å². The standard InChI is InChI=1S/C21H26N4O/c1-15-14-16(2)23-21(22-15)25-11-5-10-24(12-13-25)20(26)19-7-4-3-6-18(19)17-8-9-17/h3-4,6-7,14,17H,5,8-13H2,1-2H3. The Hall–Kier alpha value is -2.43. The molecular weight excluding hydrogens is 324 g/mol. The first-order valence-electron chi connectivity index (χ1n) is 9.57. The number of carbonyl (C=O) groups excluding carboxylic acids is 1. The summed E-state index contributed by atoms with van der Waals surface area (Å²) < 4.78 is 0. The first kappa shape index (κ1) is 17.0. The number of aromatic nitrogens is 2. The highest BCUT2D eigenvalue weighted by molar-refractivity contribution is 5.96. The van der Waals surface area contributed by atoms with Crippen LogP contribution >= 0.6 is 0 Å². The number of rotatable bonds is 3. The van der Waals surface area contributed by atoms with E-state index in [2.05, 4.69) is 20.9 Å². The van der Waals surface area contributed by atoms with Crippen LogP contribution in [-0.2, 0) is 0 Å². The van der Waals surface area contributed by atoms with Crippen molar-refractivity contribution in [2.45, 2.75) is 39.0 Å². The summed E-state index contributed by atoms with van der Waals surface area (Å²) in [7, 11) is 0. The van der Waals surface area contributed by atoms with Crippen LogP contribution < -0.4 is 4.90 Å². The molecule has 1 amide bonds. The smallest absolute Gasteiger partial charge is 0.254 e. The molecule has 2 fully saturated rings. The van der Waals surface area contributed by atoms with Gasteiger partial charge in [0.15, 0.2) is 0 Å². The van der Waals surface area contributed by atoms with Crippen molar-refractivity contribution < 1.29 is 4.79 Å². The number of amides is 1. The molecule has 1 aromatic heterocycles. The lowest BCUT2D eigenvalue weighted by Gasteiger charge is -2.23. The maximum absolute atomic E-state index is 13.1. The van der Waals surface area contributed by atoms with Crippen molar-refractivity contribution in [2.24, 2.45) is 0 Å². The van der Waals surface area contributed by atoms with Crippen LogP contribution in [0.2, 0.25) is 0 Å². The Morgan fingerprint density at radius 1 is 1.00 bits per heavy atom. The number of hydrogen-bond acceptors (Lipinski definition) is 4. The molecule has 5 nitrogen and oxygen atoms in total. The molecule has 0 bridgehead atoms. The number of aryl methyl sites for hydroxylation is 2. The van der Waals surface area contributed by atoms with Gasteiger partial charge in [-0.2, -0.15) is 0 Å². The lowest BCUT2D eigenvalue weighted by Crippen LogP contribution is -2.36. The van der Waals surface area contributed by atoms with Crippen molar-refractivity contribution >= 4 is 11.9 Å². The maximum atomic E-state index is 13.1. The van der Waals surface area contributed by atoms with Crippen LogP contribution in [-0.4, -0.2) is 47.0 Å². The summed E-state index contributed by atoms with van der Waals surface area (Å²) in [6.07, 6.45) is 3.36. The van der Waals surface area contributed by atoms with Crippen molar-refractivity contribution in [3.05, 3.63) is 52.8 Å². The minimum atomic E-state index is 0.177. The van der Waals surface area contributed by atoms with Gasteiger partial charge in [0.2, 0.25) is 5.95 Å². The Bertz CT molecular complexity index is 795. The van der Waals surface area contributed by atoms with Gasteiger partial charge in [0.1, 0.15) is 0 Å². The predicted molar refractivity (Wildman–Crippen MR) is 103 cm³/mol. The predicted octanol–water partition coefficient (Wildman–Crippen LogP) is 3.32. The third-order valence-corrected chi connectivity index (χ3v) is 5.24. The molecule has 1 aliphatic heterocycles. The molecule has 26 heavy (non-hydrogen) atoms. The fourth-order valence-corrected chi connectivity index (χ4v) is 3.78. The van der Waals surface area contributed by atoms with Gasteiger partial charge in [-0.1, -0.05) is 18.2 Å². The van der Waals surface area contributed by atoms with Crippen LogP contribution in [0, 0.1) is 13.8 Å². The highest BCUT2D eigenvalue weighted by Crippen LogP contribution is 2.41. The van der Waals surface area contributed by atoms with Gasteiger partial charge < -0.3 is 9.80 Å². The van der Waals surface area contributed by atoms with E-state index in [0.717, 1.165) is 49.0 Å². The molecule has 5 heteroatoms. The van der Waals surface area contributed by atoms with Crippen molar-refractivity contribution in [3.8, 4) is 0 Å². The van der Waals surface area contributed by atoms with Crippen molar-refractivity contribution in [1.29, 1.82) is 0 Å². The zero-order chi connectivity index (χ0) is 18.1. The van der Waals surface area contributed by atoms with Gasteiger partial charge in [0, 0.05) is 43.1 Å². The van der Waals surface area contributed by atoms with Gasteiger partial charge >= 0.3 is 0 Å². The molecule has 2 heterocycles. The number of nitrogens with zero attached hydrogens (tertiary/aromatic N) is 4. The van der Waals surface area contributed by atoms with E-state index in [1.807, 2.05) is 43.0 Å². The highest BCUT2D eigenvalue weighted by Gasteiger charge is 2.30. The van der Waals surface area contributed by atoms with Gasteiger partial charge in [-0.25, -0.2) is 9.97 Å².